The molecule has 6 nitrogen and oxygen atoms in total. The van der Waals surface area contributed by atoms with Crippen LogP contribution in [-0.4, -0.2) is 26.8 Å². The van der Waals surface area contributed by atoms with Crippen molar-refractivity contribution in [2.75, 3.05) is 20.8 Å². The smallest absolute Gasteiger partial charge is 0.309 e. The molecule has 5 rings (SSSR count). The number of ether oxygens (including phenoxy) is 5. The first-order valence-electron chi connectivity index (χ1n) is 13.5. The Hall–Kier alpha value is -4.45. The van der Waals surface area contributed by atoms with Gasteiger partial charge in [0.2, 0.25) is 0 Å². The minimum Gasteiger partial charge on any atom is -0.493 e. The van der Waals surface area contributed by atoms with Gasteiger partial charge in [-0.15, -0.1) is 0 Å². The fraction of sp³-hybridized carbons (Fsp3) is 0.265. The molecule has 2 unspecified atom stereocenters. The minimum absolute atomic E-state index is 0.0493. The van der Waals surface area contributed by atoms with Crippen LogP contribution in [0.25, 0.3) is 0 Å². The van der Waals surface area contributed by atoms with Crippen molar-refractivity contribution in [3.63, 3.8) is 0 Å². The third-order valence-corrected chi connectivity index (χ3v) is 7.20. The van der Waals surface area contributed by atoms with Crippen LogP contribution in [-0.2, 0) is 35.6 Å². The maximum atomic E-state index is 12.7. The summed E-state index contributed by atoms with van der Waals surface area (Å²) >= 11 is 0. The van der Waals surface area contributed by atoms with E-state index in [2.05, 4.69) is 0 Å². The van der Waals surface area contributed by atoms with E-state index < -0.39 is 0 Å². The van der Waals surface area contributed by atoms with Crippen molar-refractivity contribution in [3.05, 3.63) is 119 Å². The van der Waals surface area contributed by atoms with Crippen LogP contribution in [0.5, 0.6) is 23.0 Å². The average Bonchev–Trinajstić information content (AvgIpc) is 3.34. The number of hydrogen-bond donors (Lipinski definition) is 0. The molecule has 1 aliphatic heterocycles. The third-order valence-electron chi connectivity index (χ3n) is 7.20. The Labute approximate surface area is 235 Å². The van der Waals surface area contributed by atoms with E-state index in [1.165, 1.54) is 0 Å². The summed E-state index contributed by atoms with van der Waals surface area (Å²) in [4.78, 5) is 12.7. The van der Waals surface area contributed by atoms with Crippen molar-refractivity contribution in [3.8, 4) is 23.0 Å². The monoisotopic (exact) mass is 540 g/mol. The van der Waals surface area contributed by atoms with Crippen molar-refractivity contribution in [1.82, 2.24) is 0 Å². The summed E-state index contributed by atoms with van der Waals surface area (Å²) in [5, 5.41) is 0. The first-order chi connectivity index (χ1) is 19.6. The van der Waals surface area contributed by atoms with Crippen LogP contribution in [0.3, 0.4) is 0 Å². The first-order valence-corrected chi connectivity index (χ1v) is 13.5. The molecule has 4 aromatic carbocycles. The molecule has 1 fully saturated rings. The van der Waals surface area contributed by atoms with Gasteiger partial charge in [0.05, 0.1) is 26.7 Å². The van der Waals surface area contributed by atoms with Gasteiger partial charge in [-0.3, -0.25) is 4.79 Å². The maximum Gasteiger partial charge on any atom is 0.309 e. The van der Waals surface area contributed by atoms with Crippen molar-refractivity contribution in [1.29, 1.82) is 0 Å². The summed E-state index contributed by atoms with van der Waals surface area (Å²) < 4.78 is 28.7. The Morgan fingerprint density at radius 2 is 1.12 bits per heavy atom. The van der Waals surface area contributed by atoms with E-state index in [9.17, 15) is 4.79 Å². The number of cyclic esters (lactones) is 1. The largest absolute Gasteiger partial charge is 0.493 e. The van der Waals surface area contributed by atoms with Gasteiger partial charge in [-0.1, -0.05) is 72.8 Å². The lowest BCUT2D eigenvalue weighted by Crippen LogP contribution is -2.20. The Kier molecular flexibility index (Phi) is 8.86. The molecule has 0 bridgehead atoms. The zero-order valence-electron chi connectivity index (χ0n) is 22.9. The van der Waals surface area contributed by atoms with E-state index in [4.69, 9.17) is 23.7 Å². The topological polar surface area (TPSA) is 63.2 Å². The summed E-state index contributed by atoms with van der Waals surface area (Å²) in [7, 11) is 3.27. The quantitative estimate of drug-likeness (QED) is 0.152. The number of benzene rings is 4. The van der Waals surface area contributed by atoms with Gasteiger partial charge in [0.1, 0.15) is 13.2 Å². The van der Waals surface area contributed by atoms with Crippen LogP contribution >= 0.6 is 0 Å². The van der Waals surface area contributed by atoms with Gasteiger partial charge in [0.25, 0.3) is 0 Å². The van der Waals surface area contributed by atoms with Gasteiger partial charge in [-0.25, -0.2) is 0 Å². The number of hydrogen-bond acceptors (Lipinski definition) is 6. The summed E-state index contributed by atoms with van der Waals surface area (Å²) in [6.07, 6.45) is 1.26. The lowest BCUT2D eigenvalue weighted by atomic mass is 9.85. The van der Waals surface area contributed by atoms with Crippen molar-refractivity contribution in [2.24, 2.45) is 11.8 Å². The fourth-order valence-electron chi connectivity index (χ4n) is 5.00. The predicted octanol–water partition coefficient (Wildman–Crippen LogP) is 6.44. The molecular weight excluding hydrogens is 506 g/mol. The van der Waals surface area contributed by atoms with E-state index in [1.54, 1.807) is 14.2 Å². The molecule has 206 valence electrons. The zero-order chi connectivity index (χ0) is 27.7. The summed E-state index contributed by atoms with van der Waals surface area (Å²) in [5.74, 6) is 2.31. The Morgan fingerprint density at radius 3 is 1.62 bits per heavy atom. The number of rotatable bonds is 12. The first kappa shape index (κ1) is 27.1. The molecule has 2 atom stereocenters. The molecule has 6 heteroatoms. The predicted molar refractivity (Wildman–Crippen MR) is 153 cm³/mol. The molecule has 0 N–H and O–H groups in total. The van der Waals surface area contributed by atoms with Gasteiger partial charge >= 0.3 is 5.97 Å². The molecule has 4 aromatic rings. The van der Waals surface area contributed by atoms with E-state index >= 15 is 0 Å². The van der Waals surface area contributed by atoms with E-state index in [0.29, 0.717) is 55.7 Å². The molecule has 0 radical (unpaired) electrons. The maximum absolute atomic E-state index is 12.7. The Balaban J connectivity index is 1.23. The molecule has 0 saturated carbocycles. The SMILES string of the molecule is [13CH3]Oc1cc(CC2COC(=O)C2Cc2ccc(OCc3ccccc3)c(O[13CH3])c2)ccc1OCc1ccccc1. The normalized spacial score (nSPS) is 16.3. The van der Waals surface area contributed by atoms with Crippen molar-refractivity contribution >= 4 is 5.97 Å². The fourth-order valence-corrected chi connectivity index (χ4v) is 5.00. The number of carbonyl (C=O) groups excluding carboxylic acids is 1. The van der Waals surface area contributed by atoms with Crippen LogP contribution in [0.15, 0.2) is 97.1 Å². The number of methoxy groups -OCH3 is 2. The minimum atomic E-state index is -0.249. The lowest BCUT2D eigenvalue weighted by molar-refractivity contribution is -0.141. The number of carbonyl (C=O) groups is 1. The number of esters is 1. The van der Waals surface area contributed by atoms with Crippen LogP contribution in [0, 0.1) is 11.8 Å². The Morgan fingerprint density at radius 1 is 0.625 bits per heavy atom. The highest BCUT2D eigenvalue weighted by molar-refractivity contribution is 5.75. The summed E-state index contributed by atoms with van der Waals surface area (Å²) in [5.41, 5.74) is 4.24. The molecule has 0 aromatic heterocycles. The Bertz CT molecular complexity index is 1400. The van der Waals surface area contributed by atoms with Gasteiger partial charge in [-0.05, 0) is 59.4 Å². The van der Waals surface area contributed by atoms with Gasteiger partial charge in [0, 0.05) is 5.92 Å². The summed E-state index contributed by atoms with van der Waals surface area (Å²) in [6.45, 7) is 1.31. The molecule has 1 heterocycles. The van der Waals surface area contributed by atoms with E-state index in [-0.39, 0.29) is 17.8 Å². The van der Waals surface area contributed by atoms with Crippen LogP contribution in [0.1, 0.15) is 22.3 Å². The molecule has 0 aliphatic carbocycles. The molecule has 0 amide bonds. The van der Waals surface area contributed by atoms with E-state index in [1.807, 2.05) is 97.1 Å². The average molecular weight is 541 g/mol. The summed E-state index contributed by atoms with van der Waals surface area (Å²) in [6, 6.07) is 31.8. The zero-order valence-corrected chi connectivity index (χ0v) is 22.9. The van der Waals surface area contributed by atoms with Crippen LogP contribution in [0.4, 0.5) is 0 Å². The molecular formula is C34H34O6. The van der Waals surface area contributed by atoms with Crippen LogP contribution < -0.4 is 18.9 Å². The highest BCUT2D eigenvalue weighted by Gasteiger charge is 2.37. The van der Waals surface area contributed by atoms with Gasteiger partial charge in [0.15, 0.2) is 23.0 Å². The van der Waals surface area contributed by atoms with Gasteiger partial charge < -0.3 is 23.7 Å². The highest BCUT2D eigenvalue weighted by Crippen LogP contribution is 2.35. The van der Waals surface area contributed by atoms with Gasteiger partial charge in [-0.2, -0.15) is 0 Å². The standard InChI is InChI=1S/C34H34O6/c1-36-32-19-26(13-15-30(32)38-21-24-9-5-3-6-10-24)17-28-23-40-34(35)29(28)18-27-14-16-31(33(20-27)37-2)39-22-25-11-7-4-8-12-25/h3-16,19-20,28-29H,17-18,21-23H2,1-2H3/i1+1,2+1. The van der Waals surface area contributed by atoms with Crippen molar-refractivity contribution in [2.45, 2.75) is 26.1 Å². The third kappa shape index (κ3) is 6.75. The second-order valence-electron chi connectivity index (χ2n) is 9.92. The molecule has 40 heavy (non-hydrogen) atoms. The molecule has 1 saturated heterocycles. The molecule has 1 aliphatic rings. The van der Waals surface area contributed by atoms with Crippen molar-refractivity contribution < 1.29 is 28.5 Å². The molecule has 0 spiro atoms. The highest BCUT2D eigenvalue weighted by atomic mass is 16.6. The second-order valence-corrected chi connectivity index (χ2v) is 9.92. The van der Waals surface area contributed by atoms with Crippen LogP contribution in [0.2, 0.25) is 0 Å². The second kappa shape index (κ2) is 13.1. The lowest BCUT2D eigenvalue weighted by Gasteiger charge is -2.18. The van der Waals surface area contributed by atoms with E-state index in [0.717, 1.165) is 22.3 Å².